The van der Waals surface area contributed by atoms with E-state index in [1.54, 1.807) is 22.3 Å². The molecule has 7 aromatic rings. The molecule has 4 aromatic heterocycles. The zero-order valence-corrected chi connectivity index (χ0v) is 72.1. The second-order valence-electron chi connectivity index (χ2n) is 35.0. The highest BCUT2D eigenvalue weighted by atomic mass is 32.1. The quantitative estimate of drug-likeness (QED) is 0.0357. The van der Waals surface area contributed by atoms with Crippen LogP contribution < -0.4 is 0 Å². The Morgan fingerprint density at radius 1 is 0.257 bits per heavy atom. The van der Waals surface area contributed by atoms with Gasteiger partial charge in [-0.05, 0) is 120 Å². The summed E-state index contributed by atoms with van der Waals surface area (Å²) in [5.74, 6) is 0. The van der Waals surface area contributed by atoms with Crippen LogP contribution >= 0.6 is 46.1 Å². The van der Waals surface area contributed by atoms with E-state index in [-0.39, 0.29) is 16.2 Å². The second-order valence-corrected chi connectivity index (χ2v) is 38.3. The van der Waals surface area contributed by atoms with Gasteiger partial charge in [0.25, 0.3) is 0 Å². The van der Waals surface area contributed by atoms with E-state index in [4.69, 9.17) is 17.5 Å². The van der Waals surface area contributed by atoms with Gasteiger partial charge in [0.2, 0.25) is 0 Å². The minimum atomic E-state index is -0.142. The molecule has 0 bridgehead atoms. The molecule has 0 radical (unpaired) electrons. The zero-order valence-electron chi connectivity index (χ0n) is 68.8. The van der Waals surface area contributed by atoms with Gasteiger partial charge < -0.3 is 0 Å². The number of unbranched alkanes of at least 4 members (excludes halogenated alkanes) is 52. The lowest BCUT2D eigenvalue weighted by molar-refractivity contribution is 0.393. The predicted octanol–water partition coefficient (Wildman–Crippen LogP) is 34.4. The number of thiophene rings is 2. The van der Waals surface area contributed by atoms with Crippen LogP contribution in [-0.4, -0.2) is 17.5 Å². The molecule has 0 unspecified atom stereocenters. The highest BCUT2D eigenvalue weighted by molar-refractivity contribution is 7.24. The van der Waals surface area contributed by atoms with Crippen molar-refractivity contribution in [3.8, 4) is 42.4 Å². The van der Waals surface area contributed by atoms with Crippen LogP contribution in [0.2, 0.25) is 0 Å². The first-order valence-corrected chi connectivity index (χ1v) is 48.7. The molecule has 0 atom stereocenters. The van der Waals surface area contributed by atoms with Crippen molar-refractivity contribution in [2.75, 3.05) is 0 Å². The summed E-state index contributed by atoms with van der Waals surface area (Å²) in [5, 5.41) is 0. The topological polar surface area (TPSA) is 51.6 Å². The molecule has 0 saturated carbocycles. The lowest BCUT2D eigenvalue weighted by atomic mass is 9.68. The molecule has 105 heavy (non-hydrogen) atoms. The largest absolute Gasteiger partial charge is 0.173 e. The Morgan fingerprint density at radius 2 is 0.524 bits per heavy atom. The molecule has 0 saturated heterocycles. The number of fused-ring (bicyclic) bond motifs is 13. The maximum atomic E-state index is 5.59. The van der Waals surface area contributed by atoms with Crippen molar-refractivity contribution in [1.29, 1.82) is 0 Å². The standard InChI is InChI=1S/C97H150N4S4/c1-9-13-17-21-25-29-33-37-41-45-49-53-57-61-65-96(66-62-58-54-50-46-42-38-34-30-26-22-18-14-10-2)80-72-78-81(71-77(80)87-82(96)69-75(5)89-91(87)100-104-98-89)97(67-63-59-55-51-47-43-39-35-31-27-23-19-15-11-3,68-64-60-56-52-48-44-40-36-32-28-24-20-16-12-4)83-73-79(90-92(88(78)83)101-105-99-90)86-74-85-94(103-86)93-84(95(85,7)8)70-76(6)102-93/h69-74H,9-68H2,1-8H3. The zero-order chi connectivity index (χ0) is 73.4. The smallest absolute Gasteiger partial charge is 0.114 e. The first-order valence-electron chi connectivity index (χ1n) is 45.6. The van der Waals surface area contributed by atoms with Crippen LogP contribution in [0.25, 0.3) is 64.5 Å². The van der Waals surface area contributed by atoms with Gasteiger partial charge in [-0.15, -0.1) is 22.7 Å². The van der Waals surface area contributed by atoms with E-state index in [0.29, 0.717) is 0 Å². The summed E-state index contributed by atoms with van der Waals surface area (Å²) >= 11 is 6.97. The van der Waals surface area contributed by atoms with E-state index in [1.165, 1.54) is 484 Å². The van der Waals surface area contributed by atoms with Gasteiger partial charge in [0.05, 0.1) is 23.5 Å². The molecule has 0 aliphatic heterocycles. The number of aromatic nitrogens is 4. The third-order valence-corrected chi connectivity index (χ3v) is 29.7. The Morgan fingerprint density at radius 3 is 0.867 bits per heavy atom. The molecule has 3 aromatic carbocycles. The lowest BCUT2D eigenvalue weighted by Crippen LogP contribution is -2.27. The fourth-order valence-corrected chi connectivity index (χ4v) is 23.7. The fraction of sp³-hybridized carbons (Fsp3) is 0.732. The van der Waals surface area contributed by atoms with Crippen molar-refractivity contribution in [2.24, 2.45) is 0 Å². The molecular formula is C97H150N4S4. The van der Waals surface area contributed by atoms with E-state index in [2.05, 4.69) is 91.8 Å². The highest BCUT2D eigenvalue weighted by Crippen LogP contribution is 2.65. The Balaban J connectivity index is 0.987. The second kappa shape index (κ2) is 45.3. The Bertz CT molecular complexity index is 3540. The van der Waals surface area contributed by atoms with Crippen LogP contribution in [0.1, 0.15) is 471 Å². The van der Waals surface area contributed by atoms with Gasteiger partial charge in [-0.25, -0.2) is 0 Å². The third kappa shape index (κ3) is 22.5. The molecule has 4 nitrogen and oxygen atoms in total. The van der Waals surface area contributed by atoms with Crippen LogP contribution in [0.15, 0.2) is 36.4 Å². The van der Waals surface area contributed by atoms with Crippen molar-refractivity contribution < 1.29 is 0 Å². The summed E-state index contributed by atoms with van der Waals surface area (Å²) < 4.78 is 21.6. The Kier molecular flexibility index (Phi) is 36.3. The van der Waals surface area contributed by atoms with Crippen LogP contribution in [0.5, 0.6) is 0 Å². The monoisotopic (exact) mass is 1500 g/mol. The Labute approximate surface area is 660 Å². The summed E-state index contributed by atoms with van der Waals surface area (Å²) in [6.07, 6.45) is 82.6. The molecule has 582 valence electrons. The van der Waals surface area contributed by atoms with Crippen molar-refractivity contribution in [1.82, 2.24) is 17.5 Å². The van der Waals surface area contributed by atoms with E-state index in [1.807, 2.05) is 22.7 Å². The van der Waals surface area contributed by atoms with Gasteiger partial charge >= 0.3 is 0 Å². The van der Waals surface area contributed by atoms with Crippen molar-refractivity contribution in [2.45, 2.75) is 457 Å². The summed E-state index contributed by atoms with van der Waals surface area (Å²) in [4.78, 5) is 5.79. The molecule has 0 amide bonds. The number of hydrogen-bond acceptors (Lipinski definition) is 8. The van der Waals surface area contributed by atoms with Crippen LogP contribution in [0, 0.1) is 13.8 Å². The van der Waals surface area contributed by atoms with E-state index in [0.717, 1.165) is 11.0 Å². The average Bonchev–Trinajstić information content (AvgIpc) is 1.52. The van der Waals surface area contributed by atoms with Crippen molar-refractivity contribution in [3.63, 3.8) is 0 Å². The molecule has 10 rings (SSSR count). The van der Waals surface area contributed by atoms with Gasteiger partial charge in [-0.1, -0.05) is 407 Å². The van der Waals surface area contributed by atoms with Crippen LogP contribution in [0.4, 0.5) is 0 Å². The number of rotatable bonds is 61. The Hall–Kier alpha value is -3.30. The fourth-order valence-electron chi connectivity index (χ4n) is 19.9. The first kappa shape index (κ1) is 84.2. The molecule has 4 heterocycles. The molecule has 3 aliphatic carbocycles. The van der Waals surface area contributed by atoms with Crippen LogP contribution in [0.3, 0.4) is 0 Å². The molecule has 8 heteroatoms. The number of hydrogen-bond donors (Lipinski definition) is 0. The summed E-state index contributed by atoms with van der Waals surface area (Å²) in [6.45, 7) is 19.0. The normalized spacial score (nSPS) is 14.3. The summed E-state index contributed by atoms with van der Waals surface area (Å²) in [6, 6.07) is 16.3. The molecular weight excluding hydrogens is 1350 g/mol. The minimum absolute atomic E-state index is 0.0262. The SMILES string of the molecule is CCCCCCCCCCCCCCCCC1(CCCCCCCCCCCCCCCC)c2cc3c(cc2-c2c1cc(C)c1nsnc21)C(CCCCCCCCCCCCCCCC)(CCCCCCCCCCCCCCCC)c1cc(-c2cc4c(s2)-c2sc(C)cc2C4(C)C)c2nsnc2c1-3. The molecule has 0 N–H and O–H groups in total. The molecule has 0 spiro atoms. The number of aryl methyl sites for hydroxylation is 2. The van der Waals surface area contributed by atoms with Gasteiger partial charge in [-0.2, -0.15) is 17.5 Å². The maximum absolute atomic E-state index is 5.59. The molecule has 3 aliphatic rings. The van der Waals surface area contributed by atoms with Crippen molar-refractivity contribution >= 4 is 68.2 Å². The number of benzene rings is 3. The maximum Gasteiger partial charge on any atom is 0.114 e. The number of nitrogens with zero attached hydrogens (tertiary/aromatic N) is 4. The lowest BCUT2D eigenvalue weighted by Gasteiger charge is -2.35. The summed E-state index contributed by atoms with van der Waals surface area (Å²) in [5.41, 5.74) is 22.3. The van der Waals surface area contributed by atoms with E-state index >= 15 is 0 Å². The minimum Gasteiger partial charge on any atom is -0.173 e. The van der Waals surface area contributed by atoms with Gasteiger partial charge in [0.1, 0.15) is 22.1 Å². The third-order valence-electron chi connectivity index (χ3n) is 26.3. The summed E-state index contributed by atoms with van der Waals surface area (Å²) in [7, 11) is 0. The first-order chi connectivity index (χ1) is 51.6. The van der Waals surface area contributed by atoms with Crippen molar-refractivity contribution in [3.05, 3.63) is 80.2 Å². The van der Waals surface area contributed by atoms with E-state index in [9.17, 15) is 0 Å². The van der Waals surface area contributed by atoms with Gasteiger partial charge in [-0.3, -0.25) is 0 Å². The predicted molar refractivity (Wildman–Crippen MR) is 469 cm³/mol. The van der Waals surface area contributed by atoms with E-state index < -0.39 is 0 Å². The molecule has 0 fully saturated rings. The highest BCUT2D eigenvalue weighted by Gasteiger charge is 2.50. The average molecular weight is 1500 g/mol. The van der Waals surface area contributed by atoms with Gasteiger partial charge in [0, 0.05) is 52.4 Å². The van der Waals surface area contributed by atoms with Crippen LogP contribution in [-0.2, 0) is 16.2 Å². The van der Waals surface area contributed by atoms with Gasteiger partial charge in [0.15, 0.2) is 0 Å².